The lowest BCUT2D eigenvalue weighted by molar-refractivity contribution is -0.906. The van der Waals surface area contributed by atoms with Gasteiger partial charge in [0.15, 0.2) is 0 Å². The largest absolute Gasteiger partial charge is 1.00 e. The summed E-state index contributed by atoms with van der Waals surface area (Å²) in [4.78, 5) is 12.5. The zero-order valence-electron chi connectivity index (χ0n) is 15.4. The van der Waals surface area contributed by atoms with Crippen LogP contribution in [0.3, 0.4) is 0 Å². The van der Waals surface area contributed by atoms with Crippen molar-refractivity contribution in [1.29, 1.82) is 0 Å². The van der Waals surface area contributed by atoms with Crippen molar-refractivity contribution in [3.63, 3.8) is 0 Å². The third kappa shape index (κ3) is 7.10. The molecule has 1 saturated carbocycles. The van der Waals surface area contributed by atoms with E-state index in [0.717, 1.165) is 37.0 Å². The Morgan fingerprint density at radius 2 is 1.74 bits per heavy atom. The van der Waals surface area contributed by atoms with Crippen LogP contribution in [0, 0.1) is 11.8 Å². The molecule has 1 N–H and O–H groups in total. The Hall–Kier alpha value is -0.130. The van der Waals surface area contributed by atoms with Crippen molar-refractivity contribution in [2.75, 3.05) is 33.3 Å². The van der Waals surface area contributed by atoms with Gasteiger partial charge in [-0.25, -0.2) is 0 Å². The molecular formula is C18H36BrNO3. The van der Waals surface area contributed by atoms with Crippen molar-refractivity contribution in [3.05, 3.63) is 0 Å². The predicted octanol–water partition coefficient (Wildman–Crippen LogP) is -0.0126. The summed E-state index contributed by atoms with van der Waals surface area (Å²) in [6.45, 7) is 9.65. The summed E-state index contributed by atoms with van der Waals surface area (Å²) in [6.07, 6.45) is 5.76. The van der Waals surface area contributed by atoms with E-state index in [1.807, 2.05) is 6.92 Å². The quantitative estimate of drug-likeness (QED) is 0.442. The average molecular weight is 394 g/mol. The molecule has 5 heteroatoms. The normalized spacial score (nSPS) is 18.8. The van der Waals surface area contributed by atoms with Gasteiger partial charge in [0.05, 0.1) is 32.2 Å². The van der Waals surface area contributed by atoms with Gasteiger partial charge in [-0.2, -0.15) is 0 Å². The molecule has 0 aromatic heterocycles. The lowest BCUT2D eigenvalue weighted by Gasteiger charge is -2.33. The maximum atomic E-state index is 12.5. The van der Waals surface area contributed by atoms with Crippen LogP contribution in [0.2, 0.25) is 0 Å². The number of rotatable bonds is 9. The minimum absolute atomic E-state index is 0. The van der Waals surface area contributed by atoms with Gasteiger partial charge in [-0.1, -0.05) is 26.2 Å². The van der Waals surface area contributed by atoms with E-state index < -0.39 is 6.10 Å². The Labute approximate surface area is 152 Å². The van der Waals surface area contributed by atoms with Crippen LogP contribution >= 0.6 is 0 Å². The second kappa shape index (κ2) is 11.4. The number of hydrogen-bond donors (Lipinski definition) is 1. The van der Waals surface area contributed by atoms with Crippen LogP contribution < -0.4 is 17.0 Å². The Morgan fingerprint density at radius 3 is 2.22 bits per heavy atom. The number of aliphatic hydroxyl groups is 1. The maximum absolute atomic E-state index is 12.5. The van der Waals surface area contributed by atoms with Gasteiger partial charge in [0.1, 0.15) is 13.2 Å². The Bertz CT molecular complexity index is 328. The highest BCUT2D eigenvalue weighted by Crippen LogP contribution is 2.33. The molecule has 1 fully saturated rings. The molecule has 0 aromatic rings. The van der Waals surface area contributed by atoms with Gasteiger partial charge in [0.2, 0.25) is 0 Å². The molecule has 0 spiro atoms. The summed E-state index contributed by atoms with van der Waals surface area (Å²) in [5.74, 6) is -0.207. The van der Waals surface area contributed by atoms with Gasteiger partial charge in [-0.05, 0) is 39.0 Å². The van der Waals surface area contributed by atoms with Crippen LogP contribution in [0.5, 0.6) is 0 Å². The summed E-state index contributed by atoms with van der Waals surface area (Å²) >= 11 is 0. The second-order valence-electron chi connectivity index (χ2n) is 7.04. The minimum Gasteiger partial charge on any atom is -1.00 e. The van der Waals surface area contributed by atoms with Crippen LogP contribution in [-0.2, 0) is 9.53 Å². The SMILES string of the molecule is CCC(O)C(C(=O)OCC[N+](C)(CC)CC)C1CCCCC1.[Br-]. The fraction of sp³-hybridized carbons (Fsp3) is 0.944. The number of hydrogen-bond acceptors (Lipinski definition) is 3. The molecule has 0 amide bonds. The smallest absolute Gasteiger partial charge is 0.312 e. The Balaban J connectivity index is 0.00000484. The molecule has 23 heavy (non-hydrogen) atoms. The molecule has 4 nitrogen and oxygen atoms in total. The third-order valence-electron chi connectivity index (χ3n) is 5.67. The molecule has 0 heterocycles. The van der Waals surface area contributed by atoms with E-state index in [-0.39, 0.29) is 28.9 Å². The van der Waals surface area contributed by atoms with Crippen LogP contribution in [0.1, 0.15) is 59.3 Å². The van der Waals surface area contributed by atoms with Crippen molar-refractivity contribution < 1.29 is 36.1 Å². The molecule has 0 saturated heterocycles. The lowest BCUT2D eigenvalue weighted by atomic mass is 9.77. The molecule has 0 bridgehead atoms. The maximum Gasteiger partial charge on any atom is 0.312 e. The van der Waals surface area contributed by atoms with E-state index in [1.54, 1.807) is 0 Å². The molecule has 0 aliphatic heterocycles. The number of ether oxygens (including phenoxy) is 1. The molecule has 0 aromatic carbocycles. The molecule has 2 atom stereocenters. The zero-order chi connectivity index (χ0) is 16.6. The first-order valence-corrected chi connectivity index (χ1v) is 9.15. The molecular weight excluding hydrogens is 358 g/mol. The van der Waals surface area contributed by atoms with Crippen LogP contribution in [0.4, 0.5) is 0 Å². The zero-order valence-corrected chi connectivity index (χ0v) is 17.0. The van der Waals surface area contributed by atoms with E-state index in [9.17, 15) is 9.90 Å². The second-order valence-corrected chi connectivity index (χ2v) is 7.04. The van der Waals surface area contributed by atoms with Crippen LogP contribution in [-0.4, -0.2) is 55.0 Å². The number of halogens is 1. The molecule has 1 aliphatic carbocycles. The number of carbonyl (C=O) groups is 1. The Morgan fingerprint density at radius 1 is 1.17 bits per heavy atom. The summed E-state index contributed by atoms with van der Waals surface area (Å²) < 4.78 is 6.48. The third-order valence-corrected chi connectivity index (χ3v) is 5.67. The van der Waals surface area contributed by atoms with Gasteiger partial charge in [0, 0.05) is 0 Å². The van der Waals surface area contributed by atoms with E-state index >= 15 is 0 Å². The number of carbonyl (C=O) groups excluding carboxylic acids is 1. The van der Waals surface area contributed by atoms with Crippen LogP contribution in [0.15, 0.2) is 0 Å². The summed E-state index contributed by atoms with van der Waals surface area (Å²) in [6, 6.07) is 0. The van der Waals surface area contributed by atoms with Crippen molar-refractivity contribution in [2.45, 2.75) is 65.4 Å². The van der Waals surface area contributed by atoms with E-state index in [0.29, 0.717) is 18.9 Å². The standard InChI is InChI=1S/C18H36NO3.BrH/c1-5-16(20)17(15-11-9-8-10-12-15)18(21)22-14-13-19(4,6-2)7-3;/h15-17,20H,5-14H2,1-4H3;1H/q+1;/p-1. The topological polar surface area (TPSA) is 46.5 Å². The molecule has 1 rings (SSSR count). The first kappa shape index (κ1) is 22.9. The summed E-state index contributed by atoms with van der Waals surface area (Å²) in [7, 11) is 2.19. The Kier molecular flexibility index (Phi) is 11.4. The van der Waals surface area contributed by atoms with Gasteiger partial charge in [-0.3, -0.25) is 4.79 Å². The number of likely N-dealkylation sites (N-methyl/N-ethyl adjacent to an activating group) is 1. The van der Waals surface area contributed by atoms with E-state index in [1.165, 1.54) is 19.3 Å². The van der Waals surface area contributed by atoms with E-state index in [4.69, 9.17) is 4.74 Å². The van der Waals surface area contributed by atoms with Crippen LogP contribution in [0.25, 0.3) is 0 Å². The first-order chi connectivity index (χ1) is 10.5. The van der Waals surface area contributed by atoms with Gasteiger partial charge < -0.3 is 31.3 Å². The molecule has 0 radical (unpaired) electrons. The fourth-order valence-corrected chi connectivity index (χ4v) is 3.41. The van der Waals surface area contributed by atoms with Gasteiger partial charge in [-0.15, -0.1) is 0 Å². The predicted molar refractivity (Wildman–Crippen MR) is 89.5 cm³/mol. The number of quaternary nitrogens is 1. The van der Waals surface area contributed by atoms with Crippen molar-refractivity contribution in [2.24, 2.45) is 11.8 Å². The summed E-state index contributed by atoms with van der Waals surface area (Å²) in [5, 5.41) is 10.3. The van der Waals surface area contributed by atoms with Crippen molar-refractivity contribution in [1.82, 2.24) is 0 Å². The highest BCUT2D eigenvalue weighted by Gasteiger charge is 2.35. The monoisotopic (exact) mass is 393 g/mol. The molecule has 1 aliphatic rings. The molecule has 2 unspecified atom stereocenters. The fourth-order valence-electron chi connectivity index (χ4n) is 3.41. The number of esters is 1. The highest BCUT2D eigenvalue weighted by molar-refractivity contribution is 5.73. The minimum atomic E-state index is -0.561. The summed E-state index contributed by atoms with van der Waals surface area (Å²) in [5.41, 5.74) is 0. The number of aliphatic hydroxyl groups excluding tert-OH is 1. The average Bonchev–Trinajstić information content (AvgIpc) is 2.55. The van der Waals surface area contributed by atoms with E-state index in [2.05, 4.69) is 20.9 Å². The van der Waals surface area contributed by atoms with Gasteiger partial charge in [0.25, 0.3) is 0 Å². The highest BCUT2D eigenvalue weighted by atomic mass is 79.9. The van der Waals surface area contributed by atoms with Gasteiger partial charge >= 0.3 is 5.97 Å². The first-order valence-electron chi connectivity index (χ1n) is 9.15. The van der Waals surface area contributed by atoms with Crippen molar-refractivity contribution in [3.8, 4) is 0 Å². The number of nitrogens with zero attached hydrogens (tertiary/aromatic N) is 1. The molecule has 138 valence electrons. The lowest BCUT2D eigenvalue weighted by Crippen LogP contribution is -3.00. The van der Waals surface area contributed by atoms with Crippen molar-refractivity contribution >= 4 is 5.97 Å².